The first-order chi connectivity index (χ1) is 5.83. The van der Waals surface area contributed by atoms with Crippen LogP contribution in [0, 0.1) is 0 Å². The summed E-state index contributed by atoms with van der Waals surface area (Å²) >= 11 is 0. The number of aliphatic hydroxyl groups is 1. The van der Waals surface area contributed by atoms with Gasteiger partial charge < -0.3 is 10.8 Å². The first-order valence-corrected chi connectivity index (χ1v) is 4.10. The van der Waals surface area contributed by atoms with E-state index in [2.05, 4.69) is 4.98 Å². The zero-order valence-electron chi connectivity index (χ0n) is 6.98. The molecule has 12 heavy (non-hydrogen) atoms. The van der Waals surface area contributed by atoms with Crippen LogP contribution in [0.2, 0.25) is 0 Å². The van der Waals surface area contributed by atoms with Gasteiger partial charge in [0, 0.05) is 18.9 Å². The van der Waals surface area contributed by atoms with Crippen molar-refractivity contribution in [3.8, 4) is 0 Å². The molecule has 0 aromatic carbocycles. The van der Waals surface area contributed by atoms with E-state index in [0.717, 1.165) is 12.0 Å². The lowest BCUT2D eigenvalue weighted by atomic mass is 10.1. The van der Waals surface area contributed by atoms with Gasteiger partial charge >= 0.3 is 0 Å². The summed E-state index contributed by atoms with van der Waals surface area (Å²) in [6.07, 6.45) is 4.71. The van der Waals surface area contributed by atoms with Gasteiger partial charge in [0.05, 0.1) is 6.10 Å². The second kappa shape index (κ2) is 4.85. The lowest BCUT2D eigenvalue weighted by molar-refractivity contribution is 0.173. The Morgan fingerprint density at radius 2 is 2.42 bits per heavy atom. The molecule has 3 nitrogen and oxygen atoms in total. The van der Waals surface area contributed by atoms with Crippen LogP contribution >= 0.6 is 0 Å². The minimum atomic E-state index is -0.384. The van der Waals surface area contributed by atoms with E-state index in [1.165, 1.54) is 0 Å². The van der Waals surface area contributed by atoms with E-state index in [1.54, 1.807) is 6.20 Å². The second-order valence-corrected chi connectivity index (χ2v) is 2.79. The number of pyridine rings is 1. The highest BCUT2D eigenvalue weighted by Crippen LogP contribution is 2.02. The van der Waals surface area contributed by atoms with Gasteiger partial charge in [0.15, 0.2) is 0 Å². The number of nitrogens with zero attached hydrogens (tertiary/aromatic N) is 1. The minimum Gasteiger partial charge on any atom is -0.392 e. The molecule has 0 bridgehead atoms. The van der Waals surface area contributed by atoms with Gasteiger partial charge in [0.1, 0.15) is 0 Å². The summed E-state index contributed by atoms with van der Waals surface area (Å²) in [5, 5.41) is 9.17. The molecular weight excluding hydrogens is 152 g/mol. The van der Waals surface area contributed by atoms with Crippen LogP contribution in [-0.4, -0.2) is 22.7 Å². The zero-order valence-corrected chi connectivity index (χ0v) is 6.98. The molecule has 3 N–H and O–H groups in total. The average molecular weight is 166 g/mol. The van der Waals surface area contributed by atoms with Crippen LogP contribution in [0.25, 0.3) is 0 Å². The highest BCUT2D eigenvalue weighted by atomic mass is 16.3. The topological polar surface area (TPSA) is 59.1 Å². The molecule has 1 atom stereocenters. The summed E-state index contributed by atoms with van der Waals surface area (Å²) in [5.74, 6) is 0. The normalized spacial score (nSPS) is 12.8. The van der Waals surface area contributed by atoms with Crippen LogP contribution in [0.3, 0.4) is 0 Å². The van der Waals surface area contributed by atoms with E-state index in [0.29, 0.717) is 13.0 Å². The Morgan fingerprint density at radius 1 is 1.58 bits per heavy atom. The van der Waals surface area contributed by atoms with Crippen LogP contribution in [0.1, 0.15) is 12.0 Å². The van der Waals surface area contributed by atoms with E-state index >= 15 is 0 Å². The monoisotopic (exact) mass is 166 g/mol. The zero-order chi connectivity index (χ0) is 8.81. The van der Waals surface area contributed by atoms with Gasteiger partial charge in [-0.2, -0.15) is 0 Å². The Hall–Kier alpha value is -0.930. The highest BCUT2D eigenvalue weighted by Gasteiger charge is 2.00. The molecule has 1 aromatic heterocycles. The first kappa shape index (κ1) is 9.16. The summed E-state index contributed by atoms with van der Waals surface area (Å²) in [5.41, 5.74) is 6.41. The lowest BCUT2D eigenvalue weighted by Crippen LogP contribution is -2.20. The second-order valence-electron chi connectivity index (χ2n) is 2.79. The van der Waals surface area contributed by atoms with Crippen molar-refractivity contribution in [2.45, 2.75) is 18.9 Å². The number of rotatable bonds is 4. The smallest absolute Gasteiger partial charge is 0.0665 e. The number of hydrogen-bond donors (Lipinski definition) is 2. The summed E-state index contributed by atoms with van der Waals surface area (Å²) in [6, 6.07) is 3.89. The molecule has 0 aliphatic rings. The average Bonchev–Trinajstić information content (AvgIpc) is 2.16. The third-order valence-electron chi connectivity index (χ3n) is 1.76. The van der Waals surface area contributed by atoms with Gasteiger partial charge in [-0.25, -0.2) is 0 Å². The Balaban J connectivity index is 2.33. The van der Waals surface area contributed by atoms with Crippen LogP contribution in [-0.2, 0) is 6.42 Å². The lowest BCUT2D eigenvalue weighted by Gasteiger charge is -2.06. The summed E-state index contributed by atoms with van der Waals surface area (Å²) in [6.45, 7) is 0.334. The molecule has 3 heteroatoms. The molecule has 0 saturated heterocycles. The fraction of sp³-hybridized carbons (Fsp3) is 0.444. The van der Waals surface area contributed by atoms with E-state index in [-0.39, 0.29) is 6.10 Å². The van der Waals surface area contributed by atoms with Crippen molar-refractivity contribution >= 4 is 0 Å². The van der Waals surface area contributed by atoms with E-state index in [4.69, 9.17) is 5.73 Å². The Labute approximate surface area is 72.2 Å². The standard InChI is InChI=1S/C9H14N2O/c10-6-9(12)4-3-8-2-1-5-11-7-8/h1-2,5,7,9,12H,3-4,6,10H2. The van der Waals surface area contributed by atoms with Crippen molar-refractivity contribution in [3.63, 3.8) is 0 Å². The summed E-state index contributed by atoms with van der Waals surface area (Å²) in [7, 11) is 0. The van der Waals surface area contributed by atoms with Crippen molar-refractivity contribution in [2.75, 3.05) is 6.54 Å². The maximum absolute atomic E-state index is 9.17. The molecule has 1 heterocycles. The predicted octanol–water partition coefficient (Wildman–Crippen LogP) is 0.334. The van der Waals surface area contributed by atoms with Crippen molar-refractivity contribution in [1.29, 1.82) is 0 Å². The molecule has 1 unspecified atom stereocenters. The number of aliphatic hydroxyl groups excluding tert-OH is 1. The van der Waals surface area contributed by atoms with Crippen molar-refractivity contribution in [2.24, 2.45) is 5.73 Å². The fourth-order valence-electron chi connectivity index (χ4n) is 0.997. The van der Waals surface area contributed by atoms with E-state index < -0.39 is 0 Å². The number of aryl methyl sites for hydroxylation is 1. The summed E-state index contributed by atoms with van der Waals surface area (Å²) < 4.78 is 0. The third kappa shape index (κ3) is 2.98. The van der Waals surface area contributed by atoms with Gasteiger partial charge in [-0.1, -0.05) is 6.07 Å². The van der Waals surface area contributed by atoms with Gasteiger partial charge in [0.25, 0.3) is 0 Å². The molecule has 0 fully saturated rings. The van der Waals surface area contributed by atoms with Gasteiger partial charge in [-0.15, -0.1) is 0 Å². The largest absolute Gasteiger partial charge is 0.392 e. The van der Waals surface area contributed by atoms with Crippen LogP contribution in [0.5, 0.6) is 0 Å². The van der Waals surface area contributed by atoms with E-state index in [1.807, 2.05) is 18.3 Å². The molecule has 66 valence electrons. The third-order valence-corrected chi connectivity index (χ3v) is 1.76. The molecule has 0 saturated carbocycles. The molecule has 0 spiro atoms. The molecular formula is C9H14N2O. The van der Waals surface area contributed by atoms with Crippen LogP contribution < -0.4 is 5.73 Å². The van der Waals surface area contributed by atoms with Gasteiger partial charge in [-0.3, -0.25) is 4.98 Å². The number of nitrogens with two attached hydrogens (primary N) is 1. The molecule has 0 aliphatic carbocycles. The highest BCUT2D eigenvalue weighted by molar-refractivity contribution is 5.08. The SMILES string of the molecule is NCC(O)CCc1cccnc1. The number of aromatic nitrogens is 1. The Kier molecular flexibility index (Phi) is 3.70. The van der Waals surface area contributed by atoms with Gasteiger partial charge in [0.2, 0.25) is 0 Å². The van der Waals surface area contributed by atoms with Crippen molar-refractivity contribution in [1.82, 2.24) is 4.98 Å². The van der Waals surface area contributed by atoms with E-state index in [9.17, 15) is 5.11 Å². The summed E-state index contributed by atoms with van der Waals surface area (Å²) in [4.78, 5) is 3.98. The Morgan fingerprint density at radius 3 is 3.00 bits per heavy atom. The quantitative estimate of drug-likeness (QED) is 0.677. The predicted molar refractivity (Wildman–Crippen MR) is 47.6 cm³/mol. The maximum atomic E-state index is 9.17. The molecule has 0 amide bonds. The maximum Gasteiger partial charge on any atom is 0.0665 e. The first-order valence-electron chi connectivity index (χ1n) is 4.10. The van der Waals surface area contributed by atoms with Crippen molar-refractivity contribution in [3.05, 3.63) is 30.1 Å². The van der Waals surface area contributed by atoms with Gasteiger partial charge in [-0.05, 0) is 24.5 Å². The molecule has 0 radical (unpaired) electrons. The molecule has 1 rings (SSSR count). The van der Waals surface area contributed by atoms with Crippen LogP contribution in [0.4, 0.5) is 0 Å². The van der Waals surface area contributed by atoms with Crippen molar-refractivity contribution < 1.29 is 5.11 Å². The number of hydrogen-bond acceptors (Lipinski definition) is 3. The Bertz CT molecular complexity index is 213. The van der Waals surface area contributed by atoms with Crippen LogP contribution in [0.15, 0.2) is 24.5 Å². The fourth-order valence-corrected chi connectivity index (χ4v) is 0.997. The molecule has 1 aromatic rings. The molecule has 0 aliphatic heterocycles. The minimum absolute atomic E-state index is 0.334.